The zero-order valence-corrected chi connectivity index (χ0v) is 29.4. The molecule has 7 unspecified atom stereocenters. The molecule has 9 nitrogen and oxygen atoms in total. The summed E-state index contributed by atoms with van der Waals surface area (Å²) in [5, 5.41) is 20.1. The molecule has 0 aromatic heterocycles. The van der Waals surface area contributed by atoms with E-state index in [0.29, 0.717) is 29.8 Å². The minimum absolute atomic E-state index is 0.0544. The Morgan fingerprint density at radius 1 is 0.889 bits per heavy atom. The largest absolute Gasteiger partial charge is 0.481 e. The van der Waals surface area contributed by atoms with Crippen LogP contribution < -0.4 is 5.09 Å². The molecule has 45 heavy (non-hydrogen) atoms. The van der Waals surface area contributed by atoms with Crippen LogP contribution in [0, 0.1) is 52.3 Å². The Morgan fingerprint density at radius 2 is 1.60 bits per heavy atom. The van der Waals surface area contributed by atoms with Gasteiger partial charge in [0.1, 0.15) is 6.04 Å². The lowest BCUT2D eigenvalue weighted by Gasteiger charge is -2.61. The van der Waals surface area contributed by atoms with E-state index in [1.54, 1.807) is 0 Å². The summed E-state index contributed by atoms with van der Waals surface area (Å²) in [5.74, 6) is 3.24. The summed E-state index contributed by atoms with van der Waals surface area (Å²) in [6, 6.07) is -1.48. The fraction of sp³-hybridized carbons (Fsp3) is 0.943. The summed E-state index contributed by atoms with van der Waals surface area (Å²) >= 11 is 0. The summed E-state index contributed by atoms with van der Waals surface area (Å²) < 4.78 is 23.6. The van der Waals surface area contributed by atoms with Crippen molar-refractivity contribution in [3.05, 3.63) is 0 Å². The summed E-state index contributed by atoms with van der Waals surface area (Å²) in [4.78, 5) is 32.1. The first-order valence-electron chi connectivity index (χ1n) is 18.0. The van der Waals surface area contributed by atoms with E-state index in [4.69, 9.17) is 14.4 Å². The van der Waals surface area contributed by atoms with E-state index in [-0.39, 0.29) is 19.1 Å². The highest BCUT2D eigenvalue weighted by atomic mass is 31.2. The Labute approximate surface area is 271 Å². The quantitative estimate of drug-likeness (QED) is 0.0908. The van der Waals surface area contributed by atoms with E-state index >= 15 is 0 Å². The first kappa shape index (κ1) is 36.8. The van der Waals surface area contributed by atoms with Crippen molar-refractivity contribution in [3.8, 4) is 0 Å². The molecule has 0 radical (unpaired) electrons. The van der Waals surface area contributed by atoms with Gasteiger partial charge in [0.2, 0.25) is 0 Å². The molecule has 0 bridgehead atoms. The molecule has 11 atom stereocenters. The Balaban J connectivity index is 1.22. The average Bonchev–Trinajstić information content (AvgIpc) is 3.32. The second kappa shape index (κ2) is 15.5. The average molecular weight is 656 g/mol. The molecule has 4 saturated carbocycles. The van der Waals surface area contributed by atoms with Gasteiger partial charge in [-0.25, -0.2) is 9.65 Å². The predicted molar refractivity (Wildman–Crippen MR) is 175 cm³/mol. The van der Waals surface area contributed by atoms with Gasteiger partial charge in [-0.1, -0.05) is 53.9 Å². The van der Waals surface area contributed by atoms with Crippen LogP contribution >= 0.6 is 7.75 Å². The van der Waals surface area contributed by atoms with Crippen LogP contribution in [0.15, 0.2) is 0 Å². The molecule has 0 aliphatic heterocycles. The Kier molecular flexibility index (Phi) is 12.7. The van der Waals surface area contributed by atoms with Crippen LogP contribution in [0.1, 0.15) is 131 Å². The molecule has 4 aliphatic rings. The predicted octanol–water partition coefficient (Wildman–Crippen LogP) is 7.91. The fourth-order valence-electron chi connectivity index (χ4n) is 10.6. The first-order valence-corrected chi connectivity index (χ1v) is 19.6. The number of ether oxygens (including phenoxy) is 1. The van der Waals surface area contributed by atoms with Gasteiger partial charge in [0.05, 0.1) is 12.7 Å². The van der Waals surface area contributed by atoms with Crippen LogP contribution in [0.2, 0.25) is 0 Å². The lowest BCUT2D eigenvalue weighted by molar-refractivity contribution is -0.140. The molecular weight excluding hydrogens is 593 g/mol. The lowest BCUT2D eigenvalue weighted by atomic mass is 9.44. The van der Waals surface area contributed by atoms with Gasteiger partial charge >= 0.3 is 19.7 Å². The summed E-state index contributed by atoms with van der Waals surface area (Å²) in [6.07, 6.45) is 15.6. The SMILES string of the molecule is CC(C)CCCC(C)C1CCC2C3CCC4C[C@@H](OCCCOP(=O)(O)N[C@@H](CCC(=O)O)C(=O)O)CC[C@]4(C)C3CC[C@]12C. The van der Waals surface area contributed by atoms with Gasteiger partial charge in [-0.3, -0.25) is 14.1 Å². The summed E-state index contributed by atoms with van der Waals surface area (Å²) in [5.41, 5.74) is 0.912. The number of nitrogens with one attached hydrogen (secondary N) is 1. The molecule has 0 aromatic carbocycles. The monoisotopic (exact) mass is 655 g/mol. The number of carboxylic acid groups (broad SMARTS) is 2. The van der Waals surface area contributed by atoms with E-state index in [2.05, 4.69) is 39.7 Å². The summed E-state index contributed by atoms with van der Waals surface area (Å²) in [6.45, 7) is 12.9. The van der Waals surface area contributed by atoms with Crippen LogP contribution in [0.4, 0.5) is 0 Å². The third-order valence-electron chi connectivity index (χ3n) is 13.0. The molecule has 4 N–H and O–H groups in total. The number of hydrogen-bond acceptors (Lipinski definition) is 5. The van der Waals surface area contributed by atoms with Gasteiger partial charge in [-0.05, 0) is 123 Å². The second-order valence-electron chi connectivity index (χ2n) is 16.1. The van der Waals surface area contributed by atoms with Crippen LogP contribution in [0.3, 0.4) is 0 Å². The molecule has 4 fully saturated rings. The zero-order chi connectivity index (χ0) is 33.0. The van der Waals surface area contributed by atoms with E-state index in [0.717, 1.165) is 48.3 Å². The highest BCUT2D eigenvalue weighted by Crippen LogP contribution is 2.68. The van der Waals surface area contributed by atoms with Crippen LogP contribution in [0.25, 0.3) is 0 Å². The highest BCUT2D eigenvalue weighted by Gasteiger charge is 2.60. The van der Waals surface area contributed by atoms with Gasteiger partial charge < -0.3 is 19.8 Å². The Morgan fingerprint density at radius 3 is 2.29 bits per heavy atom. The molecule has 260 valence electrons. The molecule has 0 heterocycles. The third-order valence-corrected chi connectivity index (χ3v) is 14.2. The number of rotatable bonds is 17. The van der Waals surface area contributed by atoms with Gasteiger partial charge in [0.25, 0.3) is 0 Å². The third kappa shape index (κ3) is 8.93. The molecule has 10 heteroatoms. The van der Waals surface area contributed by atoms with E-state index in [1.165, 1.54) is 64.2 Å². The normalized spacial score (nSPS) is 37.2. The number of hydrogen-bond donors (Lipinski definition) is 4. The van der Waals surface area contributed by atoms with Crippen molar-refractivity contribution >= 4 is 19.7 Å². The minimum Gasteiger partial charge on any atom is -0.481 e. The Hall–Kier alpha value is -0.990. The maximum Gasteiger partial charge on any atom is 0.403 e. The first-order chi connectivity index (χ1) is 21.2. The highest BCUT2D eigenvalue weighted by molar-refractivity contribution is 7.50. The van der Waals surface area contributed by atoms with Gasteiger partial charge in [0.15, 0.2) is 0 Å². The lowest BCUT2D eigenvalue weighted by Crippen LogP contribution is -2.54. The maximum atomic E-state index is 12.3. The van der Waals surface area contributed by atoms with Crippen LogP contribution in [-0.4, -0.2) is 52.4 Å². The molecule has 0 amide bonds. The number of aliphatic carboxylic acids is 2. The molecule has 4 rings (SSSR count). The van der Waals surface area contributed by atoms with Gasteiger partial charge in [-0.2, -0.15) is 0 Å². The second-order valence-corrected chi connectivity index (χ2v) is 17.7. The Bertz CT molecular complexity index is 1050. The van der Waals surface area contributed by atoms with Crippen molar-refractivity contribution in [1.82, 2.24) is 5.09 Å². The number of fused-ring (bicyclic) bond motifs is 5. The fourth-order valence-corrected chi connectivity index (χ4v) is 11.7. The molecule has 0 saturated heterocycles. The topological polar surface area (TPSA) is 142 Å². The van der Waals surface area contributed by atoms with Crippen molar-refractivity contribution in [2.75, 3.05) is 13.2 Å². The minimum atomic E-state index is -4.39. The maximum absolute atomic E-state index is 12.3. The van der Waals surface area contributed by atoms with E-state index < -0.39 is 32.1 Å². The van der Waals surface area contributed by atoms with Crippen molar-refractivity contribution in [2.45, 2.75) is 143 Å². The molecule has 0 aromatic rings. The summed E-state index contributed by atoms with van der Waals surface area (Å²) in [7, 11) is -4.39. The smallest absolute Gasteiger partial charge is 0.403 e. The number of carboxylic acids is 2. The number of carbonyl (C=O) groups is 2. The van der Waals surface area contributed by atoms with Gasteiger partial charge in [0, 0.05) is 13.0 Å². The molecular formula is C35H62NO8P. The standard InChI is InChI=1S/C35H62NO8P/c1-23(2)8-6-9-24(3)28-12-13-29-27-11-10-25-22-26(16-18-34(25,4)30(27)17-19-35(28,29)5)43-20-7-21-44-45(41,42)36-31(33(39)40)14-15-32(37)38/h23-31H,6-22H2,1-5H3,(H,37,38)(H,39,40)(H2,36,41,42)/t24?,25?,26-,27?,28?,29?,30?,31-,34-,35+/m0/s1. The molecule has 0 spiro atoms. The van der Waals surface area contributed by atoms with Crippen LogP contribution in [-0.2, 0) is 23.4 Å². The van der Waals surface area contributed by atoms with Crippen molar-refractivity contribution in [1.29, 1.82) is 0 Å². The van der Waals surface area contributed by atoms with Crippen molar-refractivity contribution in [2.24, 2.45) is 52.3 Å². The molecule has 4 aliphatic carbocycles. The van der Waals surface area contributed by atoms with E-state index in [9.17, 15) is 24.2 Å². The zero-order valence-electron chi connectivity index (χ0n) is 28.5. The van der Waals surface area contributed by atoms with Crippen molar-refractivity contribution < 1.29 is 38.5 Å². The van der Waals surface area contributed by atoms with E-state index in [1.807, 2.05) is 0 Å². The van der Waals surface area contributed by atoms with Crippen molar-refractivity contribution in [3.63, 3.8) is 0 Å². The van der Waals surface area contributed by atoms with Gasteiger partial charge in [-0.15, -0.1) is 0 Å². The van der Waals surface area contributed by atoms with Crippen LogP contribution in [0.5, 0.6) is 0 Å².